The molecule has 2 rings (SSSR count). The van der Waals surface area contributed by atoms with E-state index >= 15 is 0 Å². The summed E-state index contributed by atoms with van der Waals surface area (Å²) >= 11 is 7.01. The van der Waals surface area contributed by atoms with Gasteiger partial charge in [0.15, 0.2) is 6.61 Å². The summed E-state index contributed by atoms with van der Waals surface area (Å²) in [5.74, 6) is 0.463. The van der Waals surface area contributed by atoms with Crippen LogP contribution >= 0.6 is 31.9 Å². The van der Waals surface area contributed by atoms with Crippen LogP contribution in [0.15, 0.2) is 45.3 Å². The lowest BCUT2D eigenvalue weighted by Crippen LogP contribution is -2.21. The van der Waals surface area contributed by atoms with Crippen molar-refractivity contribution < 1.29 is 9.53 Å². The fraction of sp³-hybridized carbons (Fsp3) is 0.350. The van der Waals surface area contributed by atoms with Gasteiger partial charge < -0.3 is 10.1 Å². The van der Waals surface area contributed by atoms with E-state index in [-0.39, 0.29) is 17.9 Å². The van der Waals surface area contributed by atoms with Crippen LogP contribution in [0, 0.1) is 0 Å². The van der Waals surface area contributed by atoms with Crippen molar-refractivity contribution in [1.29, 1.82) is 0 Å². The topological polar surface area (TPSA) is 38.3 Å². The lowest BCUT2D eigenvalue weighted by atomic mass is 9.87. The number of nitrogens with one attached hydrogen (secondary N) is 1. The highest BCUT2D eigenvalue weighted by atomic mass is 79.9. The van der Waals surface area contributed by atoms with Crippen molar-refractivity contribution in [1.82, 2.24) is 0 Å². The summed E-state index contributed by atoms with van der Waals surface area (Å²) in [6.07, 6.45) is 0.956. The van der Waals surface area contributed by atoms with E-state index < -0.39 is 0 Å². The Bertz CT molecular complexity index is 767. The number of benzene rings is 2. The van der Waals surface area contributed by atoms with Crippen LogP contribution in [0.25, 0.3) is 0 Å². The zero-order valence-corrected chi connectivity index (χ0v) is 18.1. The van der Waals surface area contributed by atoms with E-state index in [1.807, 2.05) is 36.4 Å². The zero-order valence-electron chi connectivity index (χ0n) is 15.0. The fourth-order valence-corrected chi connectivity index (χ4v) is 3.31. The number of ether oxygens (including phenoxy) is 1. The highest BCUT2D eigenvalue weighted by molar-refractivity contribution is 9.11. The molecule has 2 aromatic rings. The summed E-state index contributed by atoms with van der Waals surface area (Å²) < 4.78 is 7.33. The van der Waals surface area contributed by atoms with Crippen LogP contribution in [0.4, 0.5) is 5.69 Å². The summed E-state index contributed by atoms with van der Waals surface area (Å²) in [4.78, 5) is 12.2. The van der Waals surface area contributed by atoms with E-state index in [1.165, 1.54) is 11.1 Å². The third kappa shape index (κ3) is 5.58. The number of halogens is 2. The maximum Gasteiger partial charge on any atom is 0.262 e. The monoisotopic (exact) mass is 467 g/mol. The number of hydrogen-bond acceptors (Lipinski definition) is 2. The first-order valence-corrected chi connectivity index (χ1v) is 9.80. The van der Waals surface area contributed by atoms with Crippen molar-refractivity contribution in [2.45, 2.75) is 39.5 Å². The van der Waals surface area contributed by atoms with Crippen LogP contribution in [-0.4, -0.2) is 12.5 Å². The van der Waals surface area contributed by atoms with Gasteiger partial charge in [0, 0.05) is 4.47 Å². The lowest BCUT2D eigenvalue weighted by Gasteiger charge is -2.20. The minimum atomic E-state index is -0.198. The highest BCUT2D eigenvalue weighted by Crippen LogP contribution is 2.30. The van der Waals surface area contributed by atoms with Gasteiger partial charge in [0.2, 0.25) is 0 Å². The molecule has 0 bridgehead atoms. The normalized spacial score (nSPS) is 11.3. The first-order valence-electron chi connectivity index (χ1n) is 8.22. The molecule has 1 amide bonds. The van der Waals surface area contributed by atoms with Crippen LogP contribution in [0.5, 0.6) is 5.75 Å². The Hall–Kier alpha value is -1.33. The summed E-state index contributed by atoms with van der Waals surface area (Å²) in [7, 11) is 0. The summed E-state index contributed by atoms with van der Waals surface area (Å²) in [5.41, 5.74) is 3.22. The number of rotatable bonds is 5. The lowest BCUT2D eigenvalue weighted by molar-refractivity contribution is -0.118. The van der Waals surface area contributed by atoms with Gasteiger partial charge in [-0.1, -0.05) is 39.8 Å². The molecule has 3 nitrogen and oxygen atoms in total. The number of anilines is 1. The molecule has 5 heteroatoms. The third-order valence-corrected chi connectivity index (χ3v) is 5.15. The molecule has 0 heterocycles. The Morgan fingerprint density at radius 3 is 2.36 bits per heavy atom. The Labute approximate surface area is 166 Å². The van der Waals surface area contributed by atoms with Gasteiger partial charge in [0.25, 0.3) is 5.91 Å². The predicted octanol–water partition coefficient (Wildman–Crippen LogP) is 6.09. The molecule has 0 unspecified atom stereocenters. The van der Waals surface area contributed by atoms with Crippen molar-refractivity contribution in [2.24, 2.45) is 0 Å². The third-order valence-electron chi connectivity index (χ3n) is 3.87. The van der Waals surface area contributed by atoms with Crippen LogP contribution in [0.1, 0.15) is 38.8 Å². The minimum Gasteiger partial charge on any atom is -0.483 e. The standard InChI is InChI=1S/C20H23Br2NO2/c1-5-13-6-9-18(16(22)10-13)25-12-19(24)23-17-8-7-14(11-15(17)21)20(2,3)4/h6-11H,5,12H2,1-4H3,(H,23,24). The van der Waals surface area contributed by atoms with Crippen molar-refractivity contribution >= 4 is 43.5 Å². The summed E-state index contributed by atoms with van der Waals surface area (Å²) in [6.45, 7) is 8.52. The van der Waals surface area contributed by atoms with Gasteiger partial charge in [-0.25, -0.2) is 0 Å². The number of aryl methyl sites for hydroxylation is 1. The first-order chi connectivity index (χ1) is 11.7. The summed E-state index contributed by atoms with van der Waals surface area (Å²) in [6, 6.07) is 11.9. The SMILES string of the molecule is CCc1ccc(OCC(=O)Nc2ccc(C(C)(C)C)cc2Br)c(Br)c1. The second kappa shape index (κ2) is 8.37. The second-order valence-electron chi connectivity index (χ2n) is 6.90. The molecule has 0 saturated carbocycles. The average Bonchev–Trinajstić information content (AvgIpc) is 2.54. The number of amides is 1. The van der Waals surface area contributed by atoms with E-state index in [1.54, 1.807) is 0 Å². The van der Waals surface area contributed by atoms with Crippen molar-refractivity contribution in [2.75, 3.05) is 11.9 Å². The number of carbonyl (C=O) groups is 1. The van der Waals surface area contributed by atoms with Crippen LogP contribution in [0.2, 0.25) is 0 Å². The molecule has 0 fully saturated rings. The largest absolute Gasteiger partial charge is 0.483 e. The van der Waals surface area contributed by atoms with E-state index in [0.717, 1.165) is 21.1 Å². The molecule has 0 aliphatic rings. The van der Waals surface area contributed by atoms with E-state index in [2.05, 4.69) is 64.9 Å². The average molecular weight is 469 g/mol. The Morgan fingerprint density at radius 1 is 1.08 bits per heavy atom. The van der Waals surface area contributed by atoms with Crippen molar-refractivity contribution in [3.8, 4) is 5.75 Å². The van der Waals surface area contributed by atoms with E-state index in [0.29, 0.717) is 5.75 Å². The number of carbonyl (C=O) groups excluding carboxylic acids is 1. The molecule has 0 atom stereocenters. The van der Waals surface area contributed by atoms with Crippen molar-refractivity contribution in [3.63, 3.8) is 0 Å². The maximum absolute atomic E-state index is 12.2. The summed E-state index contributed by atoms with van der Waals surface area (Å²) in [5, 5.41) is 2.88. The maximum atomic E-state index is 12.2. The van der Waals surface area contributed by atoms with Gasteiger partial charge in [0.05, 0.1) is 10.2 Å². The molecule has 25 heavy (non-hydrogen) atoms. The van der Waals surface area contributed by atoms with Gasteiger partial charge in [-0.15, -0.1) is 0 Å². The quantitative estimate of drug-likeness (QED) is 0.576. The minimum absolute atomic E-state index is 0.0441. The smallest absolute Gasteiger partial charge is 0.262 e. The zero-order chi connectivity index (χ0) is 18.6. The number of hydrogen-bond donors (Lipinski definition) is 1. The van der Waals surface area contributed by atoms with Crippen LogP contribution in [0.3, 0.4) is 0 Å². The van der Waals surface area contributed by atoms with E-state index in [9.17, 15) is 4.79 Å². The van der Waals surface area contributed by atoms with Crippen molar-refractivity contribution in [3.05, 3.63) is 56.5 Å². The molecule has 0 aromatic heterocycles. The van der Waals surface area contributed by atoms with Crippen LogP contribution < -0.4 is 10.1 Å². The molecule has 2 aromatic carbocycles. The Morgan fingerprint density at radius 2 is 1.80 bits per heavy atom. The van der Waals surface area contributed by atoms with Crippen LogP contribution in [-0.2, 0) is 16.6 Å². The molecule has 0 saturated heterocycles. The van der Waals surface area contributed by atoms with Gasteiger partial charge in [-0.3, -0.25) is 4.79 Å². The molecular weight excluding hydrogens is 446 g/mol. The van der Waals surface area contributed by atoms with Gasteiger partial charge in [0.1, 0.15) is 5.75 Å². The van der Waals surface area contributed by atoms with Gasteiger partial charge >= 0.3 is 0 Å². The predicted molar refractivity (Wildman–Crippen MR) is 110 cm³/mol. The van der Waals surface area contributed by atoms with Gasteiger partial charge in [-0.05, 0) is 79.1 Å². The molecule has 1 N–H and O–H groups in total. The molecule has 0 spiro atoms. The molecule has 0 aliphatic heterocycles. The Balaban J connectivity index is 1.99. The first kappa shape index (κ1) is 20.0. The second-order valence-corrected chi connectivity index (χ2v) is 8.61. The molecule has 0 aliphatic carbocycles. The van der Waals surface area contributed by atoms with Gasteiger partial charge in [-0.2, -0.15) is 0 Å². The Kier molecular flexibility index (Phi) is 6.69. The fourth-order valence-electron chi connectivity index (χ4n) is 2.29. The van der Waals surface area contributed by atoms with E-state index in [4.69, 9.17) is 4.74 Å². The molecule has 134 valence electrons. The highest BCUT2D eigenvalue weighted by Gasteiger charge is 2.16. The molecular formula is C20H23Br2NO2. The molecule has 0 radical (unpaired) electrons.